The molecule has 0 unspecified atom stereocenters. The van der Waals surface area contributed by atoms with Gasteiger partial charge in [-0.3, -0.25) is 0 Å². The third-order valence-electron chi connectivity index (χ3n) is 7.20. The van der Waals surface area contributed by atoms with Gasteiger partial charge in [0.15, 0.2) is 5.13 Å². The number of thiazole rings is 1. The fourth-order valence-corrected chi connectivity index (χ4v) is 6.12. The van der Waals surface area contributed by atoms with Crippen molar-refractivity contribution < 1.29 is 14.6 Å². The second-order valence-corrected chi connectivity index (χ2v) is 11.1. The first-order valence-corrected chi connectivity index (χ1v) is 14.3. The number of nitrogens with zero attached hydrogens (tertiary/aromatic N) is 2. The molecule has 196 valence electrons. The lowest BCUT2D eigenvalue weighted by molar-refractivity contribution is 0.0697. The van der Waals surface area contributed by atoms with Gasteiger partial charge in [0.25, 0.3) is 0 Å². The van der Waals surface area contributed by atoms with Crippen molar-refractivity contribution in [2.45, 2.75) is 64.5 Å². The van der Waals surface area contributed by atoms with Crippen LogP contribution >= 0.6 is 11.3 Å². The van der Waals surface area contributed by atoms with E-state index >= 15 is 0 Å². The van der Waals surface area contributed by atoms with E-state index in [4.69, 9.17) is 9.72 Å². The van der Waals surface area contributed by atoms with Gasteiger partial charge in [0.2, 0.25) is 0 Å². The molecule has 0 amide bonds. The van der Waals surface area contributed by atoms with Crippen molar-refractivity contribution in [1.29, 1.82) is 0 Å². The Hall–Kier alpha value is -3.64. The molecule has 3 aromatic carbocycles. The average molecular weight is 527 g/mol. The van der Waals surface area contributed by atoms with Gasteiger partial charge in [-0.25, -0.2) is 9.78 Å². The number of benzene rings is 3. The van der Waals surface area contributed by atoms with Crippen molar-refractivity contribution in [3.63, 3.8) is 0 Å². The zero-order valence-electron chi connectivity index (χ0n) is 22.0. The van der Waals surface area contributed by atoms with Crippen LogP contribution in [0.1, 0.15) is 73.4 Å². The zero-order valence-corrected chi connectivity index (χ0v) is 22.8. The highest BCUT2D eigenvalue weighted by atomic mass is 32.1. The van der Waals surface area contributed by atoms with Crippen LogP contribution in [0.25, 0.3) is 11.3 Å². The van der Waals surface area contributed by atoms with Crippen LogP contribution in [0.5, 0.6) is 5.75 Å². The van der Waals surface area contributed by atoms with Crippen molar-refractivity contribution in [2.24, 2.45) is 0 Å². The topological polar surface area (TPSA) is 62.7 Å². The summed E-state index contributed by atoms with van der Waals surface area (Å²) in [5.74, 6) is 0.607. The minimum Gasteiger partial charge on any atom is -0.489 e. The molecule has 6 heteroatoms. The van der Waals surface area contributed by atoms with E-state index < -0.39 is 5.97 Å². The molecular formula is C32H34N2O3S. The lowest BCUT2D eigenvalue weighted by atomic mass is 9.84. The highest BCUT2D eigenvalue weighted by molar-refractivity contribution is 7.14. The standard InChI is InChI=1S/C32H34N2O3S/c1-22(2)34(28-17-15-26(16-18-28)31(35)36)32-33-30(21-38-32)27-9-6-10-29(19-27)37-20-23-11-13-25(14-12-23)24-7-4-3-5-8-24/h6,9-19,21-22,24H,3-5,7-8,20H2,1-2H3,(H,35,36). The van der Waals surface area contributed by atoms with Crippen LogP contribution < -0.4 is 9.64 Å². The maximum absolute atomic E-state index is 11.2. The summed E-state index contributed by atoms with van der Waals surface area (Å²) in [6.07, 6.45) is 6.70. The Kier molecular flexibility index (Phi) is 8.08. The molecule has 5 rings (SSSR count). The predicted molar refractivity (Wildman–Crippen MR) is 155 cm³/mol. The van der Waals surface area contributed by atoms with E-state index in [1.165, 1.54) is 43.2 Å². The Morgan fingerprint density at radius 1 is 1.03 bits per heavy atom. The number of hydrogen-bond donors (Lipinski definition) is 1. The first-order chi connectivity index (χ1) is 18.5. The van der Waals surface area contributed by atoms with Gasteiger partial charge in [0.05, 0.1) is 11.3 Å². The number of carboxylic acid groups (broad SMARTS) is 1. The smallest absolute Gasteiger partial charge is 0.335 e. The summed E-state index contributed by atoms with van der Waals surface area (Å²) in [6, 6.07) is 24.1. The lowest BCUT2D eigenvalue weighted by Crippen LogP contribution is -2.25. The van der Waals surface area contributed by atoms with E-state index in [-0.39, 0.29) is 11.6 Å². The molecule has 0 saturated heterocycles. The Labute approximate surface area is 228 Å². The number of aromatic carboxylic acids is 1. The van der Waals surface area contributed by atoms with Crippen LogP contribution in [0.3, 0.4) is 0 Å². The molecule has 0 atom stereocenters. The molecule has 1 heterocycles. The number of aromatic nitrogens is 1. The van der Waals surface area contributed by atoms with E-state index in [0.29, 0.717) is 12.5 Å². The zero-order chi connectivity index (χ0) is 26.5. The average Bonchev–Trinajstić information content (AvgIpc) is 3.43. The lowest BCUT2D eigenvalue weighted by Gasteiger charge is -2.26. The number of ether oxygens (including phenoxy) is 1. The van der Waals surface area contributed by atoms with E-state index in [0.717, 1.165) is 27.8 Å². The van der Waals surface area contributed by atoms with Crippen molar-refractivity contribution in [3.05, 3.63) is 94.9 Å². The molecule has 4 aromatic rings. The summed E-state index contributed by atoms with van der Waals surface area (Å²) in [7, 11) is 0. The first kappa shape index (κ1) is 26.0. The molecule has 0 spiro atoms. The predicted octanol–water partition coefficient (Wildman–Crippen LogP) is 8.68. The summed E-state index contributed by atoms with van der Waals surface area (Å²) in [5.41, 5.74) is 5.71. The number of hydrogen-bond acceptors (Lipinski definition) is 5. The van der Waals surface area contributed by atoms with Crippen molar-refractivity contribution >= 4 is 28.1 Å². The Morgan fingerprint density at radius 2 is 1.76 bits per heavy atom. The molecule has 1 aliphatic rings. The van der Waals surface area contributed by atoms with Crippen LogP contribution in [0.4, 0.5) is 10.8 Å². The summed E-state index contributed by atoms with van der Waals surface area (Å²) < 4.78 is 6.15. The maximum Gasteiger partial charge on any atom is 0.335 e. The van der Waals surface area contributed by atoms with Gasteiger partial charge in [-0.2, -0.15) is 0 Å². The molecule has 0 bridgehead atoms. The molecule has 1 fully saturated rings. The van der Waals surface area contributed by atoms with E-state index in [1.54, 1.807) is 23.5 Å². The van der Waals surface area contributed by atoms with Gasteiger partial charge in [-0.1, -0.05) is 55.7 Å². The largest absolute Gasteiger partial charge is 0.489 e. The fourth-order valence-electron chi connectivity index (χ4n) is 5.14. The number of rotatable bonds is 9. The Balaban J connectivity index is 1.27. The monoisotopic (exact) mass is 526 g/mol. The third kappa shape index (κ3) is 6.08. The SMILES string of the molecule is CC(C)N(c1ccc(C(=O)O)cc1)c1nc(-c2cccc(OCc3ccc(C4CCCCC4)cc3)c2)cs1. The molecule has 1 saturated carbocycles. The second-order valence-electron chi connectivity index (χ2n) is 10.2. The minimum atomic E-state index is -0.928. The van der Waals surface area contributed by atoms with Gasteiger partial charge in [0, 0.05) is 22.7 Å². The normalized spacial score (nSPS) is 14.0. The number of carboxylic acids is 1. The van der Waals surface area contributed by atoms with Crippen molar-refractivity contribution in [3.8, 4) is 17.0 Å². The molecule has 38 heavy (non-hydrogen) atoms. The van der Waals surface area contributed by atoms with Gasteiger partial charge in [-0.05, 0) is 80.1 Å². The number of anilines is 2. The molecular weight excluding hydrogens is 492 g/mol. The highest BCUT2D eigenvalue weighted by Crippen LogP contribution is 2.35. The minimum absolute atomic E-state index is 0.156. The highest BCUT2D eigenvalue weighted by Gasteiger charge is 2.19. The molecule has 1 aliphatic carbocycles. The summed E-state index contributed by atoms with van der Waals surface area (Å²) in [6.45, 7) is 4.73. The maximum atomic E-state index is 11.2. The van der Waals surface area contributed by atoms with Gasteiger partial charge >= 0.3 is 5.97 Å². The van der Waals surface area contributed by atoms with Crippen LogP contribution in [-0.2, 0) is 6.61 Å². The molecule has 5 nitrogen and oxygen atoms in total. The van der Waals surface area contributed by atoms with Crippen LogP contribution in [-0.4, -0.2) is 22.1 Å². The first-order valence-electron chi connectivity index (χ1n) is 13.4. The van der Waals surface area contributed by atoms with E-state index in [1.807, 2.05) is 36.4 Å². The van der Waals surface area contributed by atoms with E-state index in [9.17, 15) is 9.90 Å². The molecule has 0 aliphatic heterocycles. The summed E-state index contributed by atoms with van der Waals surface area (Å²) in [4.78, 5) is 18.3. The van der Waals surface area contributed by atoms with Crippen LogP contribution in [0.2, 0.25) is 0 Å². The molecule has 0 radical (unpaired) electrons. The van der Waals surface area contributed by atoms with Crippen molar-refractivity contribution in [1.82, 2.24) is 4.98 Å². The van der Waals surface area contributed by atoms with Crippen LogP contribution in [0, 0.1) is 0 Å². The van der Waals surface area contributed by atoms with Gasteiger partial charge in [-0.15, -0.1) is 11.3 Å². The van der Waals surface area contributed by atoms with Crippen LogP contribution in [0.15, 0.2) is 78.2 Å². The van der Waals surface area contributed by atoms with Gasteiger partial charge in [0.1, 0.15) is 12.4 Å². The van der Waals surface area contributed by atoms with E-state index in [2.05, 4.69) is 48.4 Å². The van der Waals surface area contributed by atoms with Gasteiger partial charge < -0.3 is 14.7 Å². The third-order valence-corrected chi connectivity index (χ3v) is 8.04. The molecule has 1 aromatic heterocycles. The molecule has 1 N–H and O–H groups in total. The summed E-state index contributed by atoms with van der Waals surface area (Å²) >= 11 is 1.57. The fraction of sp³-hybridized carbons (Fsp3) is 0.312. The summed E-state index contributed by atoms with van der Waals surface area (Å²) in [5, 5.41) is 12.1. The Morgan fingerprint density at radius 3 is 2.45 bits per heavy atom. The second kappa shape index (κ2) is 11.8. The quantitative estimate of drug-likeness (QED) is 0.236. The van der Waals surface area contributed by atoms with Crippen molar-refractivity contribution in [2.75, 3.05) is 4.90 Å². The Bertz CT molecular complexity index is 1360. The number of carbonyl (C=O) groups is 1.